The molecule has 1 aromatic carbocycles. The molecule has 0 aliphatic rings. The Hall–Kier alpha value is -2.67. The maximum absolute atomic E-state index is 13.6. The van der Waals surface area contributed by atoms with E-state index in [4.69, 9.17) is 10.5 Å². The molecule has 0 saturated heterocycles. The fourth-order valence-electron chi connectivity index (χ4n) is 3.53. The number of nitrogens with zero attached hydrogens (tertiary/aromatic N) is 1. The lowest BCUT2D eigenvalue weighted by atomic mass is 9.84. The molecule has 0 heterocycles. The van der Waals surface area contributed by atoms with Crippen LogP contribution in [0.15, 0.2) is 42.0 Å². The van der Waals surface area contributed by atoms with Gasteiger partial charge in [0.2, 0.25) is 11.8 Å². The molecule has 3 atom stereocenters. The summed E-state index contributed by atoms with van der Waals surface area (Å²) in [7, 11) is 1.69. The zero-order valence-electron chi connectivity index (χ0n) is 21.3. The summed E-state index contributed by atoms with van der Waals surface area (Å²) in [6, 6.07) is 7.63. The second-order valence-corrected chi connectivity index (χ2v) is 9.86. The number of amides is 2. The first-order valence-corrected chi connectivity index (χ1v) is 11.5. The molecule has 0 bridgehead atoms. The van der Waals surface area contributed by atoms with Crippen molar-refractivity contribution in [2.45, 2.75) is 73.0 Å². The van der Waals surface area contributed by atoms with Crippen LogP contribution in [0.1, 0.15) is 54.0 Å². The van der Waals surface area contributed by atoms with Gasteiger partial charge in [0.05, 0.1) is 18.7 Å². The van der Waals surface area contributed by atoms with Crippen LogP contribution in [0.2, 0.25) is 0 Å². The van der Waals surface area contributed by atoms with Crippen LogP contribution in [0.25, 0.3) is 0 Å². The highest BCUT2D eigenvalue weighted by Crippen LogP contribution is 2.24. The topological polar surface area (TPSA) is 102 Å². The third-order valence-corrected chi connectivity index (χ3v) is 5.53. The number of esters is 1. The molecular weight excluding hydrogens is 418 g/mol. The molecule has 2 amide bonds. The Kier molecular flexibility index (Phi) is 10.8. The number of likely N-dealkylation sites (N-methyl/N-ethyl adjacent to an activating group) is 1. The summed E-state index contributed by atoms with van der Waals surface area (Å²) in [5.74, 6) is -0.981. The standard InChI is InChI=1S/C26H41N3O4/c1-9-33-25(32)18(4)15-21(17(2)3)29(8)24(31)22(26(5,6)7)28-23(30)20(27)16-19-13-11-10-12-14-19/h10-15,17,20-22H,9,16,27H2,1-8H3,(H,28,30)/t20-,21-,22-/m1/s1. The van der Waals surface area contributed by atoms with Crippen LogP contribution in [0, 0.1) is 11.3 Å². The minimum atomic E-state index is -0.783. The smallest absolute Gasteiger partial charge is 0.333 e. The zero-order chi connectivity index (χ0) is 25.3. The number of ether oxygens (including phenoxy) is 1. The maximum atomic E-state index is 13.6. The van der Waals surface area contributed by atoms with Crippen LogP contribution in [-0.2, 0) is 25.5 Å². The first-order valence-electron chi connectivity index (χ1n) is 11.5. The normalized spacial score (nSPS) is 14.9. The lowest BCUT2D eigenvalue weighted by Gasteiger charge is -2.37. The predicted octanol–water partition coefficient (Wildman–Crippen LogP) is 3.08. The average Bonchev–Trinajstić information content (AvgIpc) is 2.74. The third kappa shape index (κ3) is 8.65. The zero-order valence-corrected chi connectivity index (χ0v) is 21.3. The van der Waals surface area contributed by atoms with Crippen molar-refractivity contribution in [3.8, 4) is 0 Å². The van der Waals surface area contributed by atoms with Crippen molar-refractivity contribution >= 4 is 17.8 Å². The van der Waals surface area contributed by atoms with Crippen LogP contribution in [0.3, 0.4) is 0 Å². The molecule has 0 aromatic heterocycles. The highest BCUT2D eigenvalue weighted by Gasteiger charge is 2.37. The van der Waals surface area contributed by atoms with Crippen molar-refractivity contribution in [1.29, 1.82) is 0 Å². The first-order chi connectivity index (χ1) is 15.3. The molecule has 184 valence electrons. The summed E-state index contributed by atoms with van der Waals surface area (Å²) in [4.78, 5) is 40.1. The molecule has 0 radical (unpaired) electrons. The van der Waals surface area contributed by atoms with Gasteiger partial charge in [-0.1, -0.05) is 71.0 Å². The lowest BCUT2D eigenvalue weighted by Crippen LogP contribution is -2.58. The predicted molar refractivity (Wildman–Crippen MR) is 131 cm³/mol. The summed E-state index contributed by atoms with van der Waals surface area (Å²) in [5, 5.41) is 2.88. The molecule has 0 unspecified atom stereocenters. The Morgan fingerprint density at radius 3 is 2.21 bits per heavy atom. The van der Waals surface area contributed by atoms with Gasteiger partial charge in [-0.25, -0.2) is 4.79 Å². The van der Waals surface area contributed by atoms with Gasteiger partial charge in [0.1, 0.15) is 6.04 Å². The molecule has 33 heavy (non-hydrogen) atoms. The van der Waals surface area contributed by atoms with Gasteiger partial charge in [-0.3, -0.25) is 9.59 Å². The van der Waals surface area contributed by atoms with E-state index in [1.165, 1.54) is 0 Å². The van der Waals surface area contributed by atoms with Crippen LogP contribution >= 0.6 is 0 Å². The van der Waals surface area contributed by atoms with E-state index in [0.29, 0.717) is 12.0 Å². The van der Waals surface area contributed by atoms with E-state index in [2.05, 4.69) is 5.32 Å². The SMILES string of the molecule is CCOC(=O)C(C)=C[C@H](C(C)C)N(C)C(=O)[C@@H](NC(=O)[C@H](N)Cc1ccccc1)C(C)(C)C. The Bertz CT molecular complexity index is 828. The van der Waals surface area contributed by atoms with Gasteiger partial charge in [0, 0.05) is 12.6 Å². The van der Waals surface area contributed by atoms with Crippen molar-refractivity contribution in [2.75, 3.05) is 13.7 Å². The van der Waals surface area contributed by atoms with Gasteiger partial charge in [-0.05, 0) is 37.2 Å². The number of hydrogen-bond acceptors (Lipinski definition) is 5. The number of carbonyl (C=O) groups is 3. The second-order valence-electron chi connectivity index (χ2n) is 9.86. The second kappa shape index (κ2) is 12.5. The summed E-state index contributed by atoms with van der Waals surface area (Å²) in [6.07, 6.45) is 2.13. The Morgan fingerprint density at radius 2 is 1.73 bits per heavy atom. The number of benzene rings is 1. The average molecular weight is 460 g/mol. The highest BCUT2D eigenvalue weighted by molar-refractivity contribution is 5.91. The monoisotopic (exact) mass is 459 g/mol. The fraction of sp³-hybridized carbons (Fsp3) is 0.577. The minimum absolute atomic E-state index is 0.0417. The Balaban J connectivity index is 3.07. The van der Waals surface area contributed by atoms with Crippen LogP contribution in [0.5, 0.6) is 0 Å². The Labute approximate surface area is 198 Å². The molecule has 0 aliphatic carbocycles. The molecule has 1 rings (SSSR count). The first kappa shape index (κ1) is 28.4. The van der Waals surface area contributed by atoms with E-state index in [1.807, 2.05) is 65.0 Å². The molecule has 0 saturated carbocycles. The molecule has 7 heteroatoms. The van der Waals surface area contributed by atoms with Gasteiger partial charge in [0.15, 0.2) is 0 Å². The molecule has 1 aromatic rings. The molecule has 0 fully saturated rings. The van der Waals surface area contributed by atoms with Crippen molar-refractivity contribution in [1.82, 2.24) is 10.2 Å². The van der Waals surface area contributed by atoms with Gasteiger partial charge >= 0.3 is 5.97 Å². The number of nitrogens with one attached hydrogen (secondary N) is 1. The summed E-state index contributed by atoms with van der Waals surface area (Å²) in [5.41, 5.74) is 7.00. The van der Waals surface area contributed by atoms with E-state index in [9.17, 15) is 14.4 Å². The largest absolute Gasteiger partial charge is 0.463 e. The fourth-order valence-corrected chi connectivity index (χ4v) is 3.53. The third-order valence-electron chi connectivity index (χ3n) is 5.53. The number of nitrogens with two attached hydrogens (primary N) is 1. The minimum Gasteiger partial charge on any atom is -0.463 e. The molecule has 0 spiro atoms. The van der Waals surface area contributed by atoms with Crippen LogP contribution in [-0.4, -0.2) is 54.5 Å². The van der Waals surface area contributed by atoms with Crippen molar-refractivity contribution < 1.29 is 19.1 Å². The van der Waals surface area contributed by atoms with E-state index in [-0.39, 0.29) is 30.4 Å². The number of rotatable bonds is 10. The van der Waals surface area contributed by atoms with Gasteiger partial charge in [-0.15, -0.1) is 0 Å². The summed E-state index contributed by atoms with van der Waals surface area (Å²) >= 11 is 0. The van der Waals surface area contributed by atoms with E-state index >= 15 is 0 Å². The molecule has 3 N–H and O–H groups in total. The lowest BCUT2D eigenvalue weighted by molar-refractivity contribution is -0.141. The Morgan fingerprint density at radius 1 is 1.15 bits per heavy atom. The maximum Gasteiger partial charge on any atom is 0.333 e. The quantitative estimate of drug-likeness (QED) is 0.414. The van der Waals surface area contributed by atoms with Gasteiger partial charge in [0.25, 0.3) is 0 Å². The van der Waals surface area contributed by atoms with Crippen molar-refractivity contribution in [3.63, 3.8) is 0 Å². The van der Waals surface area contributed by atoms with E-state index in [1.54, 1.807) is 31.9 Å². The van der Waals surface area contributed by atoms with E-state index in [0.717, 1.165) is 5.56 Å². The van der Waals surface area contributed by atoms with Gasteiger partial charge in [-0.2, -0.15) is 0 Å². The molecule has 7 nitrogen and oxygen atoms in total. The summed E-state index contributed by atoms with van der Waals surface area (Å²) in [6.45, 7) is 13.4. The van der Waals surface area contributed by atoms with Crippen LogP contribution < -0.4 is 11.1 Å². The summed E-state index contributed by atoms with van der Waals surface area (Å²) < 4.78 is 5.07. The van der Waals surface area contributed by atoms with Crippen molar-refractivity contribution in [2.24, 2.45) is 17.1 Å². The van der Waals surface area contributed by atoms with E-state index < -0.39 is 23.5 Å². The molecule has 0 aliphatic heterocycles. The number of carbonyl (C=O) groups excluding carboxylic acids is 3. The molecular formula is C26H41N3O4. The number of hydrogen-bond donors (Lipinski definition) is 2. The highest BCUT2D eigenvalue weighted by atomic mass is 16.5. The van der Waals surface area contributed by atoms with Crippen molar-refractivity contribution in [3.05, 3.63) is 47.5 Å². The van der Waals surface area contributed by atoms with Crippen LogP contribution in [0.4, 0.5) is 0 Å². The van der Waals surface area contributed by atoms with Gasteiger partial charge < -0.3 is 20.7 Å².